The highest BCUT2D eigenvalue weighted by Gasteiger charge is 2.29. The van der Waals surface area contributed by atoms with E-state index in [4.69, 9.17) is 0 Å². The van der Waals surface area contributed by atoms with E-state index in [1.807, 2.05) is 6.92 Å². The minimum absolute atomic E-state index is 0.0760. The quantitative estimate of drug-likeness (QED) is 0.851. The molecule has 0 unspecified atom stereocenters. The Kier molecular flexibility index (Phi) is 4.16. The Bertz CT molecular complexity index is 653. The molecule has 2 aliphatic rings. The highest BCUT2D eigenvalue weighted by molar-refractivity contribution is 5.98. The van der Waals surface area contributed by atoms with Crippen molar-refractivity contribution in [1.82, 2.24) is 15.5 Å². The van der Waals surface area contributed by atoms with Crippen LogP contribution in [-0.4, -0.2) is 55.6 Å². The van der Waals surface area contributed by atoms with E-state index in [0.717, 1.165) is 6.07 Å². The van der Waals surface area contributed by atoms with Gasteiger partial charge in [-0.3, -0.25) is 9.69 Å². The van der Waals surface area contributed by atoms with Crippen molar-refractivity contribution in [3.8, 4) is 0 Å². The first-order chi connectivity index (χ1) is 11.0. The fourth-order valence-electron chi connectivity index (χ4n) is 2.90. The van der Waals surface area contributed by atoms with Gasteiger partial charge < -0.3 is 15.5 Å². The van der Waals surface area contributed by atoms with Gasteiger partial charge in [-0.25, -0.2) is 13.6 Å². The van der Waals surface area contributed by atoms with Crippen LogP contribution in [0.3, 0.4) is 0 Å². The lowest BCUT2D eigenvalue weighted by Gasteiger charge is -2.32. The van der Waals surface area contributed by atoms with Crippen molar-refractivity contribution in [2.24, 2.45) is 0 Å². The van der Waals surface area contributed by atoms with E-state index in [0.29, 0.717) is 32.2 Å². The van der Waals surface area contributed by atoms with Gasteiger partial charge in [-0.1, -0.05) is 0 Å². The smallest absolute Gasteiger partial charge is 0.322 e. The van der Waals surface area contributed by atoms with Crippen LogP contribution in [0, 0.1) is 11.6 Å². The molecule has 2 aliphatic heterocycles. The van der Waals surface area contributed by atoms with E-state index in [-0.39, 0.29) is 23.8 Å². The summed E-state index contributed by atoms with van der Waals surface area (Å²) in [6.07, 6.45) is 0. The summed E-state index contributed by atoms with van der Waals surface area (Å²) in [4.78, 5) is 26.9. The monoisotopic (exact) mass is 324 g/mol. The van der Waals surface area contributed by atoms with E-state index < -0.39 is 23.6 Å². The summed E-state index contributed by atoms with van der Waals surface area (Å²) in [5.74, 6) is -2.26. The maximum absolute atomic E-state index is 14.1. The van der Waals surface area contributed by atoms with Crippen LogP contribution < -0.4 is 15.5 Å². The first-order valence-electron chi connectivity index (χ1n) is 7.54. The van der Waals surface area contributed by atoms with Crippen LogP contribution in [0.1, 0.15) is 17.3 Å². The normalized spacial score (nSPS) is 21.5. The third kappa shape index (κ3) is 2.98. The second-order valence-electron chi connectivity index (χ2n) is 5.77. The molecule has 8 heteroatoms. The highest BCUT2D eigenvalue weighted by atomic mass is 19.1. The molecular formula is C15H18F2N4O2. The van der Waals surface area contributed by atoms with Gasteiger partial charge in [0.1, 0.15) is 11.6 Å². The number of carbonyl (C=O) groups excluding carboxylic acids is 2. The molecule has 1 aromatic rings. The van der Waals surface area contributed by atoms with Crippen molar-refractivity contribution in [2.75, 3.05) is 37.6 Å². The third-order valence-corrected chi connectivity index (χ3v) is 4.07. The number of rotatable bonds is 2. The zero-order chi connectivity index (χ0) is 16.6. The summed E-state index contributed by atoms with van der Waals surface area (Å²) in [6, 6.07) is 1.45. The van der Waals surface area contributed by atoms with Crippen molar-refractivity contribution in [1.29, 1.82) is 0 Å². The molecule has 0 aliphatic carbocycles. The first-order valence-corrected chi connectivity index (χ1v) is 7.54. The molecule has 0 bridgehead atoms. The van der Waals surface area contributed by atoms with Gasteiger partial charge in [0.2, 0.25) is 0 Å². The summed E-state index contributed by atoms with van der Waals surface area (Å²) in [7, 11) is 0. The second-order valence-corrected chi connectivity index (χ2v) is 5.77. The standard InChI is InChI=1S/C15H18F2N4O2/c1-9-8-20(4-2-18-9)14(22)10-6-13(12(17)7-11(10)16)21-5-3-19-15(21)23/h6-7,9,18H,2-5,8H2,1H3,(H,19,23)/t9-/m1/s1. The molecular weight excluding hydrogens is 306 g/mol. The molecule has 3 amide bonds. The molecule has 0 radical (unpaired) electrons. The number of nitrogens with zero attached hydrogens (tertiary/aromatic N) is 2. The molecule has 6 nitrogen and oxygen atoms in total. The van der Waals surface area contributed by atoms with Crippen molar-refractivity contribution in [3.05, 3.63) is 29.3 Å². The number of nitrogens with one attached hydrogen (secondary N) is 2. The molecule has 1 atom stereocenters. The van der Waals surface area contributed by atoms with E-state index in [1.54, 1.807) is 0 Å². The molecule has 124 valence electrons. The number of piperazine rings is 1. The number of hydrogen-bond acceptors (Lipinski definition) is 3. The van der Waals surface area contributed by atoms with Gasteiger partial charge in [0.25, 0.3) is 5.91 Å². The average Bonchev–Trinajstić information content (AvgIpc) is 2.93. The Labute approximate surface area is 132 Å². The lowest BCUT2D eigenvalue weighted by Crippen LogP contribution is -2.51. The maximum Gasteiger partial charge on any atom is 0.322 e. The van der Waals surface area contributed by atoms with E-state index >= 15 is 0 Å². The number of carbonyl (C=O) groups is 2. The molecule has 0 spiro atoms. The van der Waals surface area contributed by atoms with Gasteiger partial charge >= 0.3 is 6.03 Å². The van der Waals surface area contributed by atoms with Gasteiger partial charge in [0, 0.05) is 44.8 Å². The van der Waals surface area contributed by atoms with Gasteiger partial charge in [0.05, 0.1) is 11.3 Å². The Morgan fingerprint density at radius 2 is 2.00 bits per heavy atom. The predicted molar refractivity (Wildman–Crippen MR) is 80.5 cm³/mol. The minimum Gasteiger partial charge on any atom is -0.336 e. The van der Waals surface area contributed by atoms with E-state index in [9.17, 15) is 18.4 Å². The Hall–Kier alpha value is -2.22. The number of hydrogen-bond donors (Lipinski definition) is 2. The van der Waals surface area contributed by atoms with Crippen LogP contribution >= 0.6 is 0 Å². The molecule has 2 fully saturated rings. The van der Waals surface area contributed by atoms with Gasteiger partial charge in [0.15, 0.2) is 0 Å². The zero-order valence-electron chi connectivity index (χ0n) is 12.7. The van der Waals surface area contributed by atoms with Gasteiger partial charge in [-0.15, -0.1) is 0 Å². The molecule has 2 saturated heterocycles. The van der Waals surface area contributed by atoms with Crippen LogP contribution in [0.25, 0.3) is 0 Å². The van der Waals surface area contributed by atoms with Crippen LogP contribution in [-0.2, 0) is 0 Å². The van der Waals surface area contributed by atoms with Crippen LogP contribution in [0.2, 0.25) is 0 Å². The predicted octanol–water partition coefficient (Wildman–Crippen LogP) is 0.928. The first kappa shape index (κ1) is 15.7. The summed E-state index contributed by atoms with van der Waals surface area (Å²) in [6.45, 7) is 4.13. The number of benzene rings is 1. The number of urea groups is 1. The SMILES string of the molecule is C[C@@H]1CN(C(=O)c2cc(N3CCNC3=O)c(F)cc2F)CCN1. The van der Waals surface area contributed by atoms with Crippen LogP contribution in [0.4, 0.5) is 19.3 Å². The Morgan fingerprint density at radius 3 is 2.65 bits per heavy atom. The number of anilines is 1. The van der Waals surface area contributed by atoms with Crippen LogP contribution in [0.15, 0.2) is 12.1 Å². The van der Waals surface area contributed by atoms with E-state index in [1.165, 1.54) is 9.80 Å². The van der Waals surface area contributed by atoms with Gasteiger partial charge in [-0.2, -0.15) is 0 Å². The largest absolute Gasteiger partial charge is 0.336 e. The molecule has 0 saturated carbocycles. The average molecular weight is 324 g/mol. The van der Waals surface area contributed by atoms with E-state index in [2.05, 4.69) is 10.6 Å². The summed E-state index contributed by atoms with van der Waals surface area (Å²) >= 11 is 0. The lowest BCUT2D eigenvalue weighted by molar-refractivity contribution is 0.0704. The molecule has 23 heavy (non-hydrogen) atoms. The lowest BCUT2D eigenvalue weighted by atomic mass is 10.1. The van der Waals surface area contributed by atoms with Crippen molar-refractivity contribution >= 4 is 17.6 Å². The van der Waals surface area contributed by atoms with Gasteiger partial charge in [-0.05, 0) is 13.0 Å². The third-order valence-electron chi connectivity index (χ3n) is 4.07. The summed E-state index contributed by atoms with van der Waals surface area (Å²) in [5, 5.41) is 5.75. The van der Waals surface area contributed by atoms with Crippen molar-refractivity contribution in [3.63, 3.8) is 0 Å². The van der Waals surface area contributed by atoms with Crippen LogP contribution in [0.5, 0.6) is 0 Å². The highest BCUT2D eigenvalue weighted by Crippen LogP contribution is 2.26. The second kappa shape index (κ2) is 6.11. The zero-order valence-corrected chi connectivity index (χ0v) is 12.7. The molecule has 2 heterocycles. The molecule has 3 rings (SSSR count). The summed E-state index contributed by atoms with van der Waals surface area (Å²) in [5.41, 5.74) is -0.289. The number of amides is 3. The fourth-order valence-corrected chi connectivity index (χ4v) is 2.90. The fraction of sp³-hybridized carbons (Fsp3) is 0.467. The Morgan fingerprint density at radius 1 is 1.22 bits per heavy atom. The minimum atomic E-state index is -0.915. The Balaban J connectivity index is 1.92. The number of halogens is 2. The maximum atomic E-state index is 14.1. The molecule has 1 aromatic carbocycles. The summed E-state index contributed by atoms with van der Waals surface area (Å²) < 4.78 is 28.1. The van der Waals surface area contributed by atoms with Crippen molar-refractivity contribution < 1.29 is 18.4 Å². The molecule has 2 N–H and O–H groups in total. The van der Waals surface area contributed by atoms with Crippen molar-refractivity contribution in [2.45, 2.75) is 13.0 Å². The molecule has 0 aromatic heterocycles. The topological polar surface area (TPSA) is 64.7 Å².